The Kier molecular flexibility index (Phi) is 4.03. The number of H-pyrrole nitrogens is 1. The summed E-state index contributed by atoms with van der Waals surface area (Å²) in [4.78, 5) is 0. The van der Waals surface area contributed by atoms with E-state index in [4.69, 9.17) is 10.5 Å². The predicted octanol–water partition coefficient (Wildman–Crippen LogP) is 0.548. The van der Waals surface area contributed by atoms with Crippen molar-refractivity contribution in [3.8, 4) is 5.75 Å². The van der Waals surface area contributed by atoms with Crippen LogP contribution in [-0.4, -0.2) is 31.8 Å². The number of nitrogens with zero attached hydrogens (tertiary/aromatic N) is 1. The van der Waals surface area contributed by atoms with Crippen LogP contribution < -0.4 is 15.2 Å². The molecule has 4 N–H and O–H groups in total. The molecule has 0 aliphatic heterocycles. The lowest BCUT2D eigenvalue weighted by molar-refractivity contribution is 0.328. The van der Waals surface area contributed by atoms with Gasteiger partial charge in [0, 0.05) is 12.2 Å². The number of nitrogens with two attached hydrogens (primary N) is 1. The van der Waals surface area contributed by atoms with Crippen molar-refractivity contribution in [1.82, 2.24) is 10.2 Å². The van der Waals surface area contributed by atoms with Crippen LogP contribution in [0.2, 0.25) is 0 Å². The number of aromatic amines is 1. The number of rotatable bonds is 6. The zero-order valence-corrected chi connectivity index (χ0v) is 10.9. The maximum atomic E-state index is 11.9. The fraction of sp³-hybridized carbons (Fsp3) is 0.182. The molecule has 2 rings (SSSR count). The molecule has 1 aromatic carbocycles. The van der Waals surface area contributed by atoms with E-state index in [1.54, 1.807) is 24.3 Å². The number of hydrogen-bond acceptors (Lipinski definition) is 5. The summed E-state index contributed by atoms with van der Waals surface area (Å²) in [6.07, 6.45) is 1.37. The molecule has 19 heavy (non-hydrogen) atoms. The second kappa shape index (κ2) is 5.72. The summed E-state index contributed by atoms with van der Waals surface area (Å²) in [6, 6.07) is 7.93. The second-order valence-corrected chi connectivity index (χ2v) is 5.34. The first kappa shape index (κ1) is 13.4. The minimum absolute atomic E-state index is 0.0101. The Morgan fingerprint density at radius 3 is 2.58 bits per heavy atom. The van der Waals surface area contributed by atoms with E-state index in [1.165, 1.54) is 12.3 Å². The van der Waals surface area contributed by atoms with Gasteiger partial charge in [-0.05, 0) is 30.3 Å². The SMILES string of the molecule is NCCOc1ccc(NS(=O)(=O)c2ccn[nH]2)cc1. The molecule has 0 fully saturated rings. The van der Waals surface area contributed by atoms with Gasteiger partial charge in [0.2, 0.25) is 0 Å². The van der Waals surface area contributed by atoms with Gasteiger partial charge in [0.1, 0.15) is 12.4 Å². The van der Waals surface area contributed by atoms with Crippen LogP contribution in [0, 0.1) is 0 Å². The lowest BCUT2D eigenvalue weighted by Crippen LogP contribution is -2.13. The topological polar surface area (TPSA) is 110 Å². The van der Waals surface area contributed by atoms with Crippen molar-refractivity contribution in [2.24, 2.45) is 5.73 Å². The van der Waals surface area contributed by atoms with Crippen LogP contribution in [0.15, 0.2) is 41.6 Å². The summed E-state index contributed by atoms with van der Waals surface area (Å²) in [5.74, 6) is 0.634. The van der Waals surface area contributed by atoms with Gasteiger partial charge in [-0.2, -0.15) is 13.5 Å². The molecule has 0 aliphatic carbocycles. The highest BCUT2D eigenvalue weighted by molar-refractivity contribution is 7.92. The van der Waals surface area contributed by atoms with Crippen LogP contribution in [0.5, 0.6) is 5.75 Å². The number of benzene rings is 1. The van der Waals surface area contributed by atoms with Gasteiger partial charge in [0.05, 0.1) is 6.20 Å². The quantitative estimate of drug-likeness (QED) is 0.716. The predicted molar refractivity (Wildman–Crippen MR) is 70.4 cm³/mol. The van der Waals surface area contributed by atoms with Gasteiger partial charge in [-0.15, -0.1) is 0 Å². The van der Waals surface area contributed by atoms with Gasteiger partial charge in [0.25, 0.3) is 10.0 Å². The molecule has 0 bridgehead atoms. The third-order valence-corrected chi connectivity index (χ3v) is 3.57. The monoisotopic (exact) mass is 282 g/mol. The van der Waals surface area contributed by atoms with Crippen LogP contribution >= 0.6 is 0 Å². The normalized spacial score (nSPS) is 11.2. The molecule has 8 heteroatoms. The molecular weight excluding hydrogens is 268 g/mol. The van der Waals surface area contributed by atoms with Gasteiger partial charge in [-0.1, -0.05) is 0 Å². The smallest absolute Gasteiger partial charge is 0.278 e. The van der Waals surface area contributed by atoms with Gasteiger partial charge in [-0.3, -0.25) is 9.82 Å². The van der Waals surface area contributed by atoms with Gasteiger partial charge in [-0.25, -0.2) is 0 Å². The van der Waals surface area contributed by atoms with Gasteiger partial charge < -0.3 is 10.5 Å². The van der Waals surface area contributed by atoms with E-state index >= 15 is 0 Å². The number of ether oxygens (including phenoxy) is 1. The molecule has 0 aliphatic rings. The summed E-state index contributed by atoms with van der Waals surface area (Å²) >= 11 is 0. The molecular formula is C11H14N4O3S. The molecule has 0 amide bonds. The van der Waals surface area contributed by atoms with Crippen molar-refractivity contribution in [2.45, 2.75) is 5.03 Å². The molecule has 0 radical (unpaired) electrons. The first-order valence-electron chi connectivity index (χ1n) is 5.57. The maximum Gasteiger partial charge on any atom is 0.278 e. The molecule has 1 aromatic heterocycles. The molecule has 0 spiro atoms. The van der Waals surface area contributed by atoms with Crippen LogP contribution in [0.3, 0.4) is 0 Å². The van der Waals surface area contributed by atoms with E-state index in [-0.39, 0.29) is 5.03 Å². The van der Waals surface area contributed by atoms with Gasteiger partial charge >= 0.3 is 0 Å². The molecule has 0 unspecified atom stereocenters. The van der Waals surface area contributed by atoms with E-state index in [1.807, 2.05) is 0 Å². The molecule has 2 aromatic rings. The highest BCUT2D eigenvalue weighted by Gasteiger charge is 2.15. The van der Waals surface area contributed by atoms with Gasteiger partial charge in [0.15, 0.2) is 5.03 Å². The van der Waals surface area contributed by atoms with Crippen molar-refractivity contribution in [1.29, 1.82) is 0 Å². The largest absolute Gasteiger partial charge is 0.492 e. The first-order chi connectivity index (χ1) is 9.12. The molecule has 7 nitrogen and oxygen atoms in total. The van der Waals surface area contributed by atoms with E-state index in [2.05, 4.69) is 14.9 Å². The van der Waals surface area contributed by atoms with Crippen molar-refractivity contribution >= 4 is 15.7 Å². The molecule has 0 saturated heterocycles. The van der Waals surface area contributed by atoms with Crippen LogP contribution in [0.1, 0.15) is 0 Å². The average molecular weight is 282 g/mol. The van der Waals surface area contributed by atoms with Crippen LogP contribution in [0.4, 0.5) is 5.69 Å². The molecule has 1 heterocycles. The third-order valence-electron chi connectivity index (χ3n) is 2.26. The maximum absolute atomic E-state index is 11.9. The van der Waals surface area contributed by atoms with Crippen LogP contribution in [-0.2, 0) is 10.0 Å². The van der Waals surface area contributed by atoms with E-state index in [0.717, 1.165) is 0 Å². The number of sulfonamides is 1. The Morgan fingerprint density at radius 1 is 1.26 bits per heavy atom. The second-order valence-electron chi connectivity index (χ2n) is 3.69. The molecule has 102 valence electrons. The summed E-state index contributed by atoms with van der Waals surface area (Å²) in [7, 11) is -3.63. The standard InChI is InChI=1S/C11H14N4O3S/c12-6-8-18-10-3-1-9(2-4-10)15-19(16,17)11-5-7-13-14-11/h1-5,7,15H,6,8,12H2,(H,13,14). The van der Waals surface area contributed by atoms with E-state index in [0.29, 0.717) is 24.6 Å². The Hall–Kier alpha value is -2.06. The molecule has 0 atom stereocenters. The lowest BCUT2D eigenvalue weighted by Gasteiger charge is -2.08. The summed E-state index contributed by atoms with van der Waals surface area (Å²) in [5.41, 5.74) is 5.76. The Bertz CT molecular complexity index is 608. The number of hydrogen-bond donors (Lipinski definition) is 3. The Balaban J connectivity index is 2.07. The average Bonchev–Trinajstić information content (AvgIpc) is 2.92. The van der Waals surface area contributed by atoms with Crippen molar-refractivity contribution in [2.75, 3.05) is 17.9 Å². The third kappa shape index (κ3) is 3.46. The highest BCUT2D eigenvalue weighted by Crippen LogP contribution is 2.18. The van der Waals surface area contributed by atoms with E-state index < -0.39 is 10.0 Å². The fourth-order valence-corrected chi connectivity index (χ4v) is 2.37. The first-order valence-corrected chi connectivity index (χ1v) is 7.05. The lowest BCUT2D eigenvalue weighted by atomic mass is 10.3. The van der Waals surface area contributed by atoms with Crippen molar-refractivity contribution in [3.05, 3.63) is 36.5 Å². The van der Waals surface area contributed by atoms with Crippen molar-refractivity contribution in [3.63, 3.8) is 0 Å². The zero-order chi connectivity index (χ0) is 13.7. The minimum atomic E-state index is -3.63. The van der Waals surface area contributed by atoms with Crippen LogP contribution in [0.25, 0.3) is 0 Å². The fourth-order valence-electron chi connectivity index (χ4n) is 1.40. The summed E-state index contributed by atoms with van der Waals surface area (Å²) in [5, 5.41) is 6.01. The Labute approximate surface area is 110 Å². The molecule has 0 saturated carbocycles. The summed E-state index contributed by atoms with van der Waals surface area (Å²) < 4.78 is 31.5. The Morgan fingerprint density at radius 2 is 2.00 bits per heavy atom. The van der Waals surface area contributed by atoms with Crippen molar-refractivity contribution < 1.29 is 13.2 Å². The number of aromatic nitrogens is 2. The highest BCUT2D eigenvalue weighted by atomic mass is 32.2. The number of nitrogens with one attached hydrogen (secondary N) is 2. The summed E-state index contributed by atoms with van der Waals surface area (Å²) in [6.45, 7) is 0.841. The van der Waals surface area contributed by atoms with E-state index in [9.17, 15) is 8.42 Å². The minimum Gasteiger partial charge on any atom is -0.492 e. The number of anilines is 1. The zero-order valence-electron chi connectivity index (χ0n) is 10.0.